The van der Waals surface area contributed by atoms with Crippen LogP contribution in [0.2, 0.25) is 0 Å². The molecular formula is C21H35N3O3. The highest BCUT2D eigenvalue weighted by atomic mass is 16.5. The molecule has 2 N–H and O–H groups in total. The summed E-state index contributed by atoms with van der Waals surface area (Å²) in [5.41, 5.74) is 2.34. The number of hydrogen-bond donors (Lipinski definition) is 2. The highest BCUT2D eigenvalue weighted by Crippen LogP contribution is 2.22. The maximum absolute atomic E-state index is 6.11. The number of guanidine groups is 1. The molecule has 0 aromatic heterocycles. The van der Waals surface area contributed by atoms with Crippen LogP contribution in [0.5, 0.6) is 5.75 Å². The number of methoxy groups -OCH3 is 1. The van der Waals surface area contributed by atoms with Crippen LogP contribution in [0.1, 0.15) is 36.8 Å². The number of unbranched alkanes of at least 4 members (excludes halogenated alkanes) is 2. The zero-order valence-corrected chi connectivity index (χ0v) is 17.1. The molecule has 0 spiro atoms. The summed E-state index contributed by atoms with van der Waals surface area (Å²) >= 11 is 0. The molecule has 152 valence electrons. The molecule has 6 heteroatoms. The molecule has 1 fully saturated rings. The van der Waals surface area contributed by atoms with Crippen LogP contribution in [0.25, 0.3) is 0 Å². The third-order valence-corrected chi connectivity index (χ3v) is 4.71. The van der Waals surface area contributed by atoms with Crippen molar-refractivity contribution in [3.05, 3.63) is 29.3 Å². The fourth-order valence-electron chi connectivity index (χ4n) is 3.02. The normalized spacial score (nSPS) is 17.1. The van der Waals surface area contributed by atoms with Gasteiger partial charge in [-0.2, -0.15) is 0 Å². The molecule has 1 aliphatic rings. The quantitative estimate of drug-likeness (QED) is 0.353. The van der Waals surface area contributed by atoms with Gasteiger partial charge in [-0.3, -0.25) is 4.99 Å². The second-order valence-electron chi connectivity index (χ2n) is 7.06. The van der Waals surface area contributed by atoms with E-state index in [1.807, 2.05) is 0 Å². The van der Waals surface area contributed by atoms with E-state index in [0.29, 0.717) is 19.1 Å². The molecule has 27 heavy (non-hydrogen) atoms. The first-order chi connectivity index (χ1) is 13.2. The van der Waals surface area contributed by atoms with Crippen molar-refractivity contribution in [3.63, 3.8) is 0 Å². The van der Waals surface area contributed by atoms with Crippen molar-refractivity contribution in [3.8, 4) is 5.75 Å². The van der Waals surface area contributed by atoms with E-state index in [0.717, 1.165) is 69.3 Å². The van der Waals surface area contributed by atoms with Gasteiger partial charge in [-0.15, -0.1) is 0 Å². The van der Waals surface area contributed by atoms with Crippen molar-refractivity contribution in [2.45, 2.75) is 39.2 Å². The first-order valence-corrected chi connectivity index (χ1v) is 9.96. The minimum atomic E-state index is 0.499. The summed E-state index contributed by atoms with van der Waals surface area (Å²) in [6.45, 7) is 6.88. The van der Waals surface area contributed by atoms with Crippen molar-refractivity contribution in [2.24, 2.45) is 10.9 Å². The first-order valence-electron chi connectivity index (χ1n) is 9.96. The number of aliphatic imine (C=N–C) groups is 1. The van der Waals surface area contributed by atoms with E-state index in [-0.39, 0.29) is 0 Å². The van der Waals surface area contributed by atoms with Crippen LogP contribution in [-0.4, -0.2) is 53.1 Å². The Balaban J connectivity index is 1.78. The lowest BCUT2D eigenvalue weighted by molar-refractivity contribution is 0.166. The number of aryl methyl sites for hydroxylation is 1. The predicted molar refractivity (Wildman–Crippen MR) is 110 cm³/mol. The highest BCUT2D eigenvalue weighted by Gasteiger charge is 2.17. The van der Waals surface area contributed by atoms with E-state index in [4.69, 9.17) is 14.2 Å². The van der Waals surface area contributed by atoms with Gasteiger partial charge in [0.15, 0.2) is 5.96 Å². The van der Waals surface area contributed by atoms with E-state index in [1.165, 1.54) is 5.56 Å². The average molecular weight is 378 g/mol. The Bertz CT molecular complexity index is 572. The van der Waals surface area contributed by atoms with Crippen LogP contribution in [0.15, 0.2) is 23.2 Å². The van der Waals surface area contributed by atoms with Gasteiger partial charge in [0.05, 0.1) is 13.2 Å². The topological polar surface area (TPSA) is 64.1 Å². The Kier molecular flexibility index (Phi) is 10.0. The SMILES string of the molecule is CN=C(NCCCCCOC)NCc1ccc(C)cc1OCC1CCOC1. The molecule has 1 aromatic carbocycles. The predicted octanol–water partition coefficient (Wildman–Crippen LogP) is 2.89. The van der Waals surface area contributed by atoms with E-state index in [2.05, 4.69) is 40.7 Å². The molecule has 1 aliphatic heterocycles. The Morgan fingerprint density at radius 3 is 2.89 bits per heavy atom. The van der Waals surface area contributed by atoms with Crippen LogP contribution in [0.3, 0.4) is 0 Å². The van der Waals surface area contributed by atoms with Gasteiger partial charge in [0.25, 0.3) is 0 Å². The molecule has 0 bridgehead atoms. The first kappa shape index (κ1) is 21.5. The van der Waals surface area contributed by atoms with E-state index in [9.17, 15) is 0 Å². The zero-order chi connectivity index (χ0) is 19.3. The molecule has 1 saturated heterocycles. The molecule has 0 amide bonds. The van der Waals surface area contributed by atoms with E-state index >= 15 is 0 Å². The molecule has 1 aromatic rings. The second-order valence-corrected chi connectivity index (χ2v) is 7.06. The molecule has 2 rings (SSSR count). The molecular weight excluding hydrogens is 342 g/mol. The standard InChI is InChI=1S/C21H35N3O3/c1-17-7-8-19(20(13-17)27-16-18-9-12-26-15-18)14-24-21(22-2)23-10-5-4-6-11-25-3/h7-8,13,18H,4-6,9-12,14-16H2,1-3H3,(H2,22,23,24). The minimum Gasteiger partial charge on any atom is -0.493 e. The summed E-state index contributed by atoms with van der Waals surface area (Å²) in [7, 11) is 3.54. The summed E-state index contributed by atoms with van der Waals surface area (Å²) in [6.07, 6.45) is 4.44. The Labute approximate surface area is 163 Å². The summed E-state index contributed by atoms with van der Waals surface area (Å²) < 4.78 is 16.6. The Morgan fingerprint density at radius 1 is 1.26 bits per heavy atom. The van der Waals surface area contributed by atoms with Crippen molar-refractivity contribution < 1.29 is 14.2 Å². The van der Waals surface area contributed by atoms with Gasteiger partial charge in [0, 0.05) is 51.9 Å². The largest absolute Gasteiger partial charge is 0.493 e. The molecule has 1 atom stereocenters. The van der Waals surface area contributed by atoms with Gasteiger partial charge >= 0.3 is 0 Å². The number of nitrogens with zero attached hydrogens (tertiary/aromatic N) is 1. The van der Waals surface area contributed by atoms with Gasteiger partial charge in [-0.25, -0.2) is 0 Å². The molecule has 1 heterocycles. The Hall–Kier alpha value is -1.79. The van der Waals surface area contributed by atoms with Crippen LogP contribution in [0, 0.1) is 12.8 Å². The summed E-state index contributed by atoms with van der Waals surface area (Å²) in [5.74, 6) is 2.26. The van der Waals surface area contributed by atoms with Crippen molar-refractivity contribution in [2.75, 3.05) is 47.1 Å². The minimum absolute atomic E-state index is 0.499. The van der Waals surface area contributed by atoms with Gasteiger partial charge in [-0.1, -0.05) is 12.1 Å². The maximum Gasteiger partial charge on any atom is 0.191 e. The smallest absolute Gasteiger partial charge is 0.191 e. The summed E-state index contributed by atoms with van der Waals surface area (Å²) in [4.78, 5) is 4.31. The second kappa shape index (κ2) is 12.6. The van der Waals surface area contributed by atoms with Crippen LogP contribution in [-0.2, 0) is 16.0 Å². The lowest BCUT2D eigenvalue weighted by Crippen LogP contribution is -2.37. The molecule has 1 unspecified atom stereocenters. The van der Waals surface area contributed by atoms with Gasteiger partial charge < -0.3 is 24.8 Å². The van der Waals surface area contributed by atoms with E-state index < -0.39 is 0 Å². The molecule has 0 saturated carbocycles. The fraction of sp³-hybridized carbons (Fsp3) is 0.667. The Morgan fingerprint density at radius 2 is 2.15 bits per heavy atom. The van der Waals surface area contributed by atoms with Crippen LogP contribution >= 0.6 is 0 Å². The number of hydrogen-bond acceptors (Lipinski definition) is 4. The molecule has 0 radical (unpaired) electrons. The summed E-state index contributed by atoms with van der Waals surface area (Å²) in [6, 6.07) is 6.36. The lowest BCUT2D eigenvalue weighted by Gasteiger charge is -2.17. The van der Waals surface area contributed by atoms with Crippen LogP contribution < -0.4 is 15.4 Å². The number of rotatable bonds is 11. The summed E-state index contributed by atoms with van der Waals surface area (Å²) in [5, 5.41) is 6.75. The monoisotopic (exact) mass is 377 g/mol. The van der Waals surface area contributed by atoms with Gasteiger partial charge in [-0.05, 0) is 44.2 Å². The van der Waals surface area contributed by atoms with Crippen molar-refractivity contribution >= 4 is 5.96 Å². The maximum atomic E-state index is 6.11. The average Bonchev–Trinajstić information content (AvgIpc) is 3.20. The third kappa shape index (κ3) is 8.18. The van der Waals surface area contributed by atoms with Crippen molar-refractivity contribution in [1.82, 2.24) is 10.6 Å². The number of ether oxygens (including phenoxy) is 3. The van der Waals surface area contributed by atoms with E-state index in [1.54, 1.807) is 14.2 Å². The zero-order valence-electron chi connectivity index (χ0n) is 17.1. The number of nitrogens with one attached hydrogen (secondary N) is 2. The highest BCUT2D eigenvalue weighted by molar-refractivity contribution is 5.79. The fourth-order valence-corrected chi connectivity index (χ4v) is 3.02. The van der Waals surface area contributed by atoms with Gasteiger partial charge in [0.1, 0.15) is 5.75 Å². The van der Waals surface area contributed by atoms with Crippen LogP contribution in [0.4, 0.5) is 0 Å². The number of benzene rings is 1. The van der Waals surface area contributed by atoms with Crippen molar-refractivity contribution in [1.29, 1.82) is 0 Å². The van der Waals surface area contributed by atoms with Gasteiger partial charge in [0.2, 0.25) is 0 Å². The third-order valence-electron chi connectivity index (χ3n) is 4.71. The lowest BCUT2D eigenvalue weighted by atomic mass is 10.1. The molecule has 0 aliphatic carbocycles. The molecule has 6 nitrogen and oxygen atoms in total.